The molecular formula is C15H22N2O2. The van der Waals surface area contributed by atoms with Gasteiger partial charge in [-0.1, -0.05) is 18.9 Å². The lowest BCUT2D eigenvalue weighted by Gasteiger charge is -2.12. The largest absolute Gasteiger partial charge is 0.398 e. The highest BCUT2D eigenvalue weighted by molar-refractivity contribution is 5.96. The Hall–Kier alpha value is -1.55. The smallest absolute Gasteiger partial charge is 0.251 e. The Balaban J connectivity index is 1.76. The van der Waals surface area contributed by atoms with Gasteiger partial charge in [-0.05, 0) is 37.5 Å². The van der Waals surface area contributed by atoms with Crippen LogP contribution in [0.1, 0.15) is 41.6 Å². The topological polar surface area (TPSA) is 64.4 Å². The summed E-state index contributed by atoms with van der Waals surface area (Å²) in [6.45, 7) is 2.99. The van der Waals surface area contributed by atoms with E-state index in [4.69, 9.17) is 10.5 Å². The van der Waals surface area contributed by atoms with Crippen LogP contribution in [0.3, 0.4) is 0 Å². The third-order valence-electron chi connectivity index (χ3n) is 3.66. The minimum absolute atomic E-state index is 0.0835. The van der Waals surface area contributed by atoms with Gasteiger partial charge in [0, 0.05) is 17.8 Å². The number of anilines is 1. The standard InChI is InChI=1S/C15H22N2O2/c1-11-13(7-4-8-14(11)16)15(18)17-9-10-19-12-5-2-3-6-12/h4,7-8,12H,2-3,5-6,9-10,16H2,1H3,(H,17,18). The Kier molecular flexibility index (Phi) is 4.80. The van der Waals surface area contributed by atoms with Crippen LogP contribution >= 0.6 is 0 Å². The summed E-state index contributed by atoms with van der Waals surface area (Å²) < 4.78 is 5.70. The number of hydrogen-bond acceptors (Lipinski definition) is 3. The highest BCUT2D eigenvalue weighted by Gasteiger charge is 2.15. The summed E-state index contributed by atoms with van der Waals surface area (Å²) in [5.74, 6) is -0.0835. The molecule has 0 spiro atoms. The van der Waals surface area contributed by atoms with Crippen LogP contribution < -0.4 is 11.1 Å². The fraction of sp³-hybridized carbons (Fsp3) is 0.533. The second kappa shape index (κ2) is 6.57. The van der Waals surface area contributed by atoms with Gasteiger partial charge < -0.3 is 15.8 Å². The van der Waals surface area contributed by atoms with Gasteiger partial charge in [-0.25, -0.2) is 0 Å². The summed E-state index contributed by atoms with van der Waals surface area (Å²) in [7, 11) is 0. The van der Waals surface area contributed by atoms with Crippen molar-refractivity contribution < 1.29 is 9.53 Å². The predicted molar refractivity (Wildman–Crippen MR) is 76.1 cm³/mol. The molecule has 3 N–H and O–H groups in total. The number of ether oxygens (including phenoxy) is 1. The highest BCUT2D eigenvalue weighted by Crippen LogP contribution is 2.20. The molecule has 4 nitrogen and oxygen atoms in total. The van der Waals surface area contributed by atoms with Crippen molar-refractivity contribution in [2.75, 3.05) is 18.9 Å². The van der Waals surface area contributed by atoms with Crippen LogP contribution in [0, 0.1) is 6.92 Å². The number of rotatable bonds is 5. The van der Waals surface area contributed by atoms with E-state index in [1.54, 1.807) is 18.2 Å². The third-order valence-corrected chi connectivity index (χ3v) is 3.66. The lowest BCUT2D eigenvalue weighted by atomic mass is 10.1. The molecule has 0 unspecified atom stereocenters. The van der Waals surface area contributed by atoms with Crippen molar-refractivity contribution in [1.29, 1.82) is 0 Å². The lowest BCUT2D eigenvalue weighted by Crippen LogP contribution is -2.29. The van der Waals surface area contributed by atoms with Crippen molar-refractivity contribution in [2.45, 2.75) is 38.7 Å². The van der Waals surface area contributed by atoms with Crippen molar-refractivity contribution in [1.82, 2.24) is 5.32 Å². The summed E-state index contributed by atoms with van der Waals surface area (Å²) in [6.07, 6.45) is 5.23. The summed E-state index contributed by atoms with van der Waals surface area (Å²) in [5, 5.41) is 2.87. The molecule has 0 radical (unpaired) electrons. The van der Waals surface area contributed by atoms with Crippen LogP contribution in [0.5, 0.6) is 0 Å². The minimum Gasteiger partial charge on any atom is -0.398 e. The normalized spacial score (nSPS) is 15.6. The molecule has 0 heterocycles. The van der Waals surface area contributed by atoms with Crippen LogP contribution in [-0.4, -0.2) is 25.2 Å². The van der Waals surface area contributed by atoms with Crippen molar-refractivity contribution in [3.8, 4) is 0 Å². The Morgan fingerprint density at radius 3 is 2.89 bits per heavy atom. The van der Waals surface area contributed by atoms with Gasteiger partial charge in [0.25, 0.3) is 5.91 Å². The molecule has 104 valence electrons. The molecule has 0 atom stereocenters. The van der Waals surface area contributed by atoms with Crippen molar-refractivity contribution in [3.05, 3.63) is 29.3 Å². The van der Waals surface area contributed by atoms with Gasteiger partial charge >= 0.3 is 0 Å². The monoisotopic (exact) mass is 262 g/mol. The Bertz CT molecular complexity index is 440. The molecule has 19 heavy (non-hydrogen) atoms. The second-order valence-corrected chi connectivity index (χ2v) is 5.05. The number of nitrogens with two attached hydrogens (primary N) is 1. The van der Waals surface area contributed by atoms with Crippen molar-refractivity contribution in [2.24, 2.45) is 0 Å². The Morgan fingerprint density at radius 2 is 2.16 bits per heavy atom. The molecule has 0 bridgehead atoms. The number of benzene rings is 1. The van der Waals surface area contributed by atoms with Gasteiger partial charge in [0.05, 0.1) is 12.7 Å². The van der Waals surface area contributed by atoms with Crippen molar-refractivity contribution >= 4 is 11.6 Å². The molecule has 1 saturated carbocycles. The van der Waals surface area contributed by atoms with Gasteiger partial charge in [0.15, 0.2) is 0 Å². The summed E-state index contributed by atoms with van der Waals surface area (Å²) >= 11 is 0. The van der Waals surface area contributed by atoms with Crippen LogP contribution in [-0.2, 0) is 4.74 Å². The first kappa shape index (κ1) is 13.9. The van der Waals surface area contributed by atoms with Gasteiger partial charge in [-0.3, -0.25) is 4.79 Å². The van der Waals surface area contributed by atoms with Gasteiger partial charge in [-0.2, -0.15) is 0 Å². The van der Waals surface area contributed by atoms with E-state index in [0.717, 1.165) is 18.4 Å². The summed E-state index contributed by atoms with van der Waals surface area (Å²) in [5.41, 5.74) is 7.91. The van der Waals surface area contributed by atoms with E-state index in [-0.39, 0.29) is 5.91 Å². The minimum atomic E-state index is -0.0835. The zero-order chi connectivity index (χ0) is 13.7. The van der Waals surface area contributed by atoms with Crippen LogP contribution in [0.15, 0.2) is 18.2 Å². The fourth-order valence-electron chi connectivity index (χ4n) is 2.44. The maximum atomic E-state index is 12.0. The van der Waals surface area contributed by atoms with E-state index < -0.39 is 0 Å². The molecule has 1 aliphatic carbocycles. The molecular weight excluding hydrogens is 240 g/mol. The molecule has 2 rings (SSSR count). The van der Waals surface area contributed by atoms with Crippen LogP contribution in [0.25, 0.3) is 0 Å². The third kappa shape index (κ3) is 3.70. The lowest BCUT2D eigenvalue weighted by molar-refractivity contribution is 0.0581. The number of carbonyl (C=O) groups excluding carboxylic acids is 1. The molecule has 1 aromatic carbocycles. The quantitative estimate of drug-likeness (QED) is 0.632. The van der Waals surface area contributed by atoms with Gasteiger partial charge in [0.1, 0.15) is 0 Å². The Labute approximate surface area is 114 Å². The van der Waals surface area contributed by atoms with Crippen molar-refractivity contribution in [3.63, 3.8) is 0 Å². The van der Waals surface area contributed by atoms with E-state index >= 15 is 0 Å². The van der Waals surface area contributed by atoms with E-state index in [1.165, 1.54) is 12.8 Å². The van der Waals surface area contributed by atoms with Gasteiger partial charge in [0.2, 0.25) is 0 Å². The molecule has 1 fully saturated rings. The molecule has 0 saturated heterocycles. The second-order valence-electron chi connectivity index (χ2n) is 5.05. The number of carbonyl (C=O) groups is 1. The molecule has 1 amide bonds. The SMILES string of the molecule is Cc1c(N)cccc1C(=O)NCCOC1CCCC1. The number of nitrogens with one attached hydrogen (secondary N) is 1. The summed E-state index contributed by atoms with van der Waals surface area (Å²) in [6, 6.07) is 5.39. The first-order valence-corrected chi connectivity index (χ1v) is 6.93. The van der Waals surface area contributed by atoms with E-state index in [2.05, 4.69) is 5.32 Å². The zero-order valence-electron chi connectivity index (χ0n) is 11.4. The predicted octanol–water partition coefficient (Wildman–Crippen LogP) is 2.27. The maximum absolute atomic E-state index is 12.0. The number of hydrogen-bond donors (Lipinski definition) is 2. The van der Waals surface area contributed by atoms with E-state index in [9.17, 15) is 4.79 Å². The molecule has 0 aliphatic heterocycles. The van der Waals surface area contributed by atoms with Crippen LogP contribution in [0.4, 0.5) is 5.69 Å². The molecule has 4 heteroatoms. The molecule has 1 aromatic rings. The average molecular weight is 262 g/mol. The number of nitrogen functional groups attached to an aromatic ring is 1. The van der Waals surface area contributed by atoms with E-state index in [1.807, 2.05) is 6.92 Å². The first-order chi connectivity index (χ1) is 9.18. The molecule has 0 aromatic heterocycles. The van der Waals surface area contributed by atoms with E-state index in [0.29, 0.717) is 30.5 Å². The first-order valence-electron chi connectivity index (χ1n) is 6.93. The summed E-state index contributed by atoms with van der Waals surface area (Å²) in [4.78, 5) is 12.0. The maximum Gasteiger partial charge on any atom is 0.251 e. The van der Waals surface area contributed by atoms with Crippen LogP contribution in [0.2, 0.25) is 0 Å². The fourth-order valence-corrected chi connectivity index (χ4v) is 2.44. The zero-order valence-corrected chi connectivity index (χ0v) is 11.4. The highest BCUT2D eigenvalue weighted by atomic mass is 16.5. The number of amides is 1. The Morgan fingerprint density at radius 1 is 1.42 bits per heavy atom. The van der Waals surface area contributed by atoms with Gasteiger partial charge in [-0.15, -0.1) is 0 Å². The molecule has 1 aliphatic rings. The average Bonchev–Trinajstić information content (AvgIpc) is 2.91.